The van der Waals surface area contributed by atoms with Crippen molar-refractivity contribution >= 4 is 5.69 Å². The van der Waals surface area contributed by atoms with Crippen molar-refractivity contribution in [2.75, 3.05) is 12.4 Å². The molecule has 0 bridgehead atoms. The van der Waals surface area contributed by atoms with Crippen LogP contribution >= 0.6 is 0 Å². The van der Waals surface area contributed by atoms with E-state index in [0.717, 1.165) is 12.2 Å². The Kier molecular flexibility index (Phi) is 4.49. The zero-order valence-corrected chi connectivity index (χ0v) is 12.9. The Morgan fingerprint density at radius 3 is 2.43 bits per heavy atom. The van der Waals surface area contributed by atoms with Crippen LogP contribution in [0.5, 0.6) is 5.75 Å². The molecule has 0 heterocycles. The van der Waals surface area contributed by atoms with E-state index in [1.807, 2.05) is 6.07 Å². The van der Waals surface area contributed by atoms with Crippen LogP contribution in [-0.2, 0) is 6.54 Å². The van der Waals surface area contributed by atoms with Crippen molar-refractivity contribution in [1.29, 1.82) is 5.26 Å². The molecule has 0 atom stereocenters. The lowest BCUT2D eigenvalue weighted by Crippen LogP contribution is -2.04. The van der Waals surface area contributed by atoms with Crippen molar-refractivity contribution in [1.82, 2.24) is 0 Å². The van der Waals surface area contributed by atoms with Gasteiger partial charge in [0, 0.05) is 12.6 Å². The monoisotopic (exact) mass is 280 g/mol. The summed E-state index contributed by atoms with van der Waals surface area (Å²) in [7, 11) is 1.61. The normalized spacial score (nSPS) is 10.0. The number of rotatable bonds is 4. The van der Waals surface area contributed by atoms with Gasteiger partial charge in [0.15, 0.2) is 0 Å². The van der Waals surface area contributed by atoms with Crippen molar-refractivity contribution in [2.45, 2.75) is 27.3 Å². The Morgan fingerprint density at radius 1 is 1.05 bits per heavy atom. The van der Waals surface area contributed by atoms with Crippen LogP contribution in [0.2, 0.25) is 0 Å². The summed E-state index contributed by atoms with van der Waals surface area (Å²) in [6.07, 6.45) is 0. The van der Waals surface area contributed by atoms with E-state index in [0.29, 0.717) is 11.3 Å². The summed E-state index contributed by atoms with van der Waals surface area (Å²) < 4.78 is 5.34. The van der Waals surface area contributed by atoms with Crippen molar-refractivity contribution < 1.29 is 4.74 Å². The second kappa shape index (κ2) is 6.32. The van der Waals surface area contributed by atoms with Crippen LogP contribution in [-0.4, -0.2) is 7.11 Å². The summed E-state index contributed by atoms with van der Waals surface area (Å²) >= 11 is 0. The van der Waals surface area contributed by atoms with Gasteiger partial charge in [-0.1, -0.05) is 12.1 Å². The topological polar surface area (TPSA) is 45.0 Å². The van der Waals surface area contributed by atoms with Gasteiger partial charge < -0.3 is 10.1 Å². The number of hydrogen-bond donors (Lipinski definition) is 1. The van der Waals surface area contributed by atoms with Gasteiger partial charge in [-0.15, -0.1) is 0 Å². The minimum absolute atomic E-state index is 0.597. The van der Waals surface area contributed by atoms with Crippen LogP contribution in [0.4, 0.5) is 5.69 Å². The van der Waals surface area contributed by atoms with Crippen molar-refractivity contribution in [3.8, 4) is 11.8 Å². The third-order valence-corrected chi connectivity index (χ3v) is 3.75. The van der Waals surface area contributed by atoms with Gasteiger partial charge in [0.1, 0.15) is 5.75 Å². The summed E-state index contributed by atoms with van der Waals surface area (Å²) in [5.41, 5.74) is 6.65. The Hall–Kier alpha value is -2.47. The highest BCUT2D eigenvalue weighted by Crippen LogP contribution is 2.26. The molecule has 0 saturated heterocycles. The molecule has 2 aromatic carbocycles. The highest BCUT2D eigenvalue weighted by Gasteiger charge is 2.06. The van der Waals surface area contributed by atoms with Gasteiger partial charge in [0.25, 0.3) is 0 Å². The number of nitriles is 1. The number of hydrogen-bond acceptors (Lipinski definition) is 3. The number of benzene rings is 2. The lowest BCUT2D eigenvalue weighted by molar-refractivity contribution is 0.416. The molecule has 21 heavy (non-hydrogen) atoms. The zero-order chi connectivity index (χ0) is 15.4. The fraction of sp³-hybridized carbons (Fsp3) is 0.278. The number of aryl methyl sites for hydroxylation is 3. The van der Waals surface area contributed by atoms with E-state index in [4.69, 9.17) is 10.00 Å². The fourth-order valence-electron chi connectivity index (χ4n) is 2.31. The number of anilines is 1. The molecule has 2 rings (SSSR count). The van der Waals surface area contributed by atoms with E-state index in [1.165, 1.54) is 22.3 Å². The molecule has 1 N–H and O–H groups in total. The average molecular weight is 280 g/mol. The number of nitrogens with one attached hydrogen (secondary N) is 1. The highest BCUT2D eigenvalue weighted by atomic mass is 16.5. The Labute approximate surface area is 126 Å². The van der Waals surface area contributed by atoms with Gasteiger partial charge >= 0.3 is 0 Å². The molecule has 0 unspecified atom stereocenters. The minimum atomic E-state index is 0.597. The van der Waals surface area contributed by atoms with Gasteiger partial charge in [-0.25, -0.2) is 0 Å². The second-order valence-corrected chi connectivity index (χ2v) is 5.24. The molecule has 2 aromatic rings. The van der Waals surface area contributed by atoms with E-state index in [2.05, 4.69) is 44.3 Å². The number of ether oxygens (including phenoxy) is 1. The van der Waals surface area contributed by atoms with Crippen molar-refractivity contribution in [2.24, 2.45) is 0 Å². The van der Waals surface area contributed by atoms with Gasteiger partial charge in [0.05, 0.1) is 24.4 Å². The largest absolute Gasteiger partial charge is 0.495 e. The smallest absolute Gasteiger partial charge is 0.143 e. The van der Waals surface area contributed by atoms with Crippen LogP contribution < -0.4 is 10.1 Å². The minimum Gasteiger partial charge on any atom is -0.495 e. The molecule has 0 saturated carbocycles. The molecule has 0 aromatic heterocycles. The van der Waals surface area contributed by atoms with E-state index in [1.54, 1.807) is 19.2 Å². The van der Waals surface area contributed by atoms with Crippen LogP contribution in [0.1, 0.15) is 27.8 Å². The Balaban J connectivity index is 2.21. The van der Waals surface area contributed by atoms with Crippen LogP contribution in [0.15, 0.2) is 30.3 Å². The zero-order valence-electron chi connectivity index (χ0n) is 12.9. The molecule has 108 valence electrons. The van der Waals surface area contributed by atoms with Gasteiger partial charge in [-0.3, -0.25) is 0 Å². The fourth-order valence-corrected chi connectivity index (χ4v) is 2.31. The Morgan fingerprint density at radius 2 is 1.76 bits per heavy atom. The van der Waals surface area contributed by atoms with Crippen LogP contribution in [0.3, 0.4) is 0 Å². The molecule has 3 nitrogen and oxygen atoms in total. The van der Waals surface area contributed by atoms with E-state index in [-0.39, 0.29) is 0 Å². The standard InChI is InChI=1S/C18H20N2O/c1-12-7-14(3)16(8-13(12)2)11-20-17-6-5-15(10-19)9-18(17)21-4/h5-9,20H,11H2,1-4H3. The molecule has 3 heteroatoms. The lowest BCUT2D eigenvalue weighted by Gasteiger charge is -2.14. The lowest BCUT2D eigenvalue weighted by atomic mass is 10.0. The third-order valence-electron chi connectivity index (χ3n) is 3.75. The van der Waals surface area contributed by atoms with Crippen molar-refractivity contribution in [3.63, 3.8) is 0 Å². The first-order valence-electron chi connectivity index (χ1n) is 6.94. The van der Waals surface area contributed by atoms with Gasteiger partial charge in [0.2, 0.25) is 0 Å². The van der Waals surface area contributed by atoms with E-state index < -0.39 is 0 Å². The SMILES string of the molecule is COc1cc(C#N)ccc1NCc1cc(C)c(C)cc1C. The molecule has 0 amide bonds. The predicted molar refractivity (Wildman–Crippen MR) is 85.7 cm³/mol. The summed E-state index contributed by atoms with van der Waals surface area (Å²) in [6.45, 7) is 7.11. The molecule has 0 aliphatic heterocycles. The molecule has 0 spiro atoms. The maximum absolute atomic E-state index is 8.92. The molecule has 0 aliphatic carbocycles. The molecular formula is C18H20N2O. The first-order valence-corrected chi connectivity index (χ1v) is 6.94. The van der Waals surface area contributed by atoms with Crippen LogP contribution in [0, 0.1) is 32.1 Å². The molecule has 0 aliphatic rings. The predicted octanol–water partition coefficient (Wildman–Crippen LogP) is 4.10. The first-order chi connectivity index (χ1) is 10.0. The maximum atomic E-state index is 8.92. The number of methoxy groups -OCH3 is 1. The summed E-state index contributed by atoms with van der Waals surface area (Å²) in [5, 5.41) is 12.3. The van der Waals surface area contributed by atoms with Gasteiger partial charge in [-0.05, 0) is 55.2 Å². The Bertz CT molecular complexity index is 699. The van der Waals surface area contributed by atoms with E-state index in [9.17, 15) is 0 Å². The summed E-state index contributed by atoms with van der Waals surface area (Å²) in [6, 6.07) is 12.0. The van der Waals surface area contributed by atoms with E-state index >= 15 is 0 Å². The first kappa shape index (κ1) is 14.9. The quantitative estimate of drug-likeness (QED) is 0.917. The van der Waals surface area contributed by atoms with Crippen molar-refractivity contribution in [3.05, 3.63) is 58.1 Å². The second-order valence-electron chi connectivity index (χ2n) is 5.24. The average Bonchev–Trinajstić information content (AvgIpc) is 2.49. The number of nitrogens with zero attached hydrogens (tertiary/aromatic N) is 1. The van der Waals surface area contributed by atoms with Gasteiger partial charge in [-0.2, -0.15) is 5.26 Å². The molecule has 0 radical (unpaired) electrons. The molecule has 0 fully saturated rings. The summed E-state index contributed by atoms with van der Waals surface area (Å²) in [5.74, 6) is 0.690. The molecular weight excluding hydrogens is 260 g/mol. The third kappa shape index (κ3) is 3.35. The maximum Gasteiger partial charge on any atom is 0.143 e. The highest BCUT2D eigenvalue weighted by molar-refractivity contribution is 5.59. The summed E-state index contributed by atoms with van der Waals surface area (Å²) in [4.78, 5) is 0. The van der Waals surface area contributed by atoms with Crippen LogP contribution in [0.25, 0.3) is 0 Å².